The minimum atomic E-state index is -3.99. The normalized spacial score (nSPS) is 12.2. The van der Waals surface area contributed by atoms with Crippen LogP contribution in [0.15, 0.2) is 58.6 Å². The summed E-state index contributed by atoms with van der Waals surface area (Å²) < 4.78 is 52.7. The molecule has 0 radical (unpaired) electrons. The number of carbonyl (C=O) groups is 1. The maximum atomic E-state index is 13.5. The highest BCUT2D eigenvalue weighted by atomic mass is 35.5. The van der Waals surface area contributed by atoms with Gasteiger partial charge in [-0.1, -0.05) is 29.8 Å². The predicted octanol–water partition coefficient (Wildman–Crippen LogP) is 5.78. The summed E-state index contributed by atoms with van der Waals surface area (Å²) in [5.41, 5.74) is 0.171. The zero-order valence-corrected chi connectivity index (χ0v) is 21.5. The molecule has 0 saturated heterocycles. The smallest absolute Gasteiger partial charge is 0.375 e. The molecule has 0 aliphatic carbocycles. The van der Waals surface area contributed by atoms with Crippen LogP contribution in [-0.4, -0.2) is 44.4 Å². The standard InChI is InChI=1S/C22H21ClFN2O7PS/c1-29-17-12-18(30-2)26-22(25-17)35-16-7-5-6-15(23)19(16)20(27)33-21(34(28,31-3)32-4)13-8-10-14(24)11-9-13/h5-12,21H,1-4H3. The first-order chi connectivity index (χ1) is 16.7. The highest BCUT2D eigenvalue weighted by Crippen LogP contribution is 2.60. The van der Waals surface area contributed by atoms with E-state index in [2.05, 4.69) is 9.97 Å². The fraction of sp³-hybridized carbons (Fsp3) is 0.227. The first kappa shape index (κ1) is 26.9. The number of halogens is 2. The third-order valence-corrected chi connectivity index (χ3v) is 7.86. The second kappa shape index (κ2) is 11.8. The average molecular weight is 543 g/mol. The molecule has 9 nitrogen and oxygen atoms in total. The van der Waals surface area contributed by atoms with Gasteiger partial charge >= 0.3 is 13.6 Å². The van der Waals surface area contributed by atoms with Gasteiger partial charge in [0.1, 0.15) is 5.82 Å². The number of methoxy groups -OCH3 is 2. The minimum absolute atomic E-state index is 0.0320. The summed E-state index contributed by atoms with van der Waals surface area (Å²) in [6.45, 7) is 0. The lowest BCUT2D eigenvalue weighted by molar-refractivity contribution is 0.0377. The Kier molecular flexibility index (Phi) is 9.09. The van der Waals surface area contributed by atoms with E-state index in [1.165, 1.54) is 38.5 Å². The van der Waals surface area contributed by atoms with Crippen molar-refractivity contribution in [3.8, 4) is 11.8 Å². The van der Waals surface area contributed by atoms with Crippen LogP contribution in [0, 0.1) is 5.82 Å². The number of aromatic nitrogens is 2. The summed E-state index contributed by atoms with van der Waals surface area (Å²) in [6, 6.07) is 11.1. The molecule has 0 saturated carbocycles. The van der Waals surface area contributed by atoms with Crippen molar-refractivity contribution in [2.45, 2.75) is 15.9 Å². The Bertz CT molecular complexity index is 1220. The Hall–Kier alpha value is -2.69. The van der Waals surface area contributed by atoms with Crippen LogP contribution in [0.25, 0.3) is 0 Å². The topological polar surface area (TPSA) is 106 Å². The Morgan fingerprint density at radius 2 is 1.60 bits per heavy atom. The second-order valence-corrected chi connectivity index (χ2v) is 10.4. The SMILES string of the molecule is COc1cc(OC)nc(Sc2cccc(Cl)c2C(=O)OC(c2ccc(F)cc2)P(=O)(OC)OC)n1. The molecule has 35 heavy (non-hydrogen) atoms. The number of hydrogen-bond donors (Lipinski definition) is 0. The van der Waals surface area contributed by atoms with E-state index >= 15 is 0 Å². The largest absolute Gasteiger partial charge is 0.481 e. The average Bonchev–Trinajstić information content (AvgIpc) is 2.87. The molecule has 3 aromatic rings. The van der Waals surface area contributed by atoms with Gasteiger partial charge in [-0.25, -0.2) is 9.18 Å². The van der Waals surface area contributed by atoms with Crippen molar-refractivity contribution >= 4 is 36.9 Å². The number of carbonyl (C=O) groups excluding carboxylic acids is 1. The Balaban J connectivity index is 2.01. The summed E-state index contributed by atoms with van der Waals surface area (Å²) in [5, 5.41) is 0.282. The van der Waals surface area contributed by atoms with Crippen LogP contribution < -0.4 is 9.47 Å². The molecule has 1 unspecified atom stereocenters. The zero-order chi connectivity index (χ0) is 25.6. The van der Waals surface area contributed by atoms with Gasteiger partial charge < -0.3 is 23.3 Å². The van der Waals surface area contributed by atoms with Gasteiger partial charge in [-0.15, -0.1) is 0 Å². The van der Waals surface area contributed by atoms with Gasteiger partial charge in [-0.2, -0.15) is 9.97 Å². The molecule has 2 aromatic carbocycles. The van der Waals surface area contributed by atoms with Crippen LogP contribution in [0.5, 0.6) is 11.8 Å². The van der Waals surface area contributed by atoms with Crippen LogP contribution in [0.4, 0.5) is 4.39 Å². The van der Waals surface area contributed by atoms with E-state index in [0.717, 1.165) is 38.1 Å². The monoisotopic (exact) mass is 542 g/mol. The van der Waals surface area contributed by atoms with Gasteiger partial charge in [0, 0.05) is 24.7 Å². The molecular formula is C22H21ClFN2O7PS. The van der Waals surface area contributed by atoms with E-state index in [1.807, 2.05) is 0 Å². The molecule has 0 bridgehead atoms. The molecule has 1 atom stereocenters. The third kappa shape index (κ3) is 6.31. The predicted molar refractivity (Wildman–Crippen MR) is 127 cm³/mol. The molecule has 0 spiro atoms. The molecule has 0 aliphatic heterocycles. The Morgan fingerprint density at radius 3 is 2.14 bits per heavy atom. The molecule has 0 fully saturated rings. The van der Waals surface area contributed by atoms with Gasteiger partial charge in [0.25, 0.3) is 0 Å². The second-order valence-electron chi connectivity index (χ2n) is 6.66. The quantitative estimate of drug-likeness (QED) is 0.178. The summed E-state index contributed by atoms with van der Waals surface area (Å²) in [7, 11) is 1.19. The van der Waals surface area contributed by atoms with E-state index in [4.69, 9.17) is 34.9 Å². The molecule has 0 amide bonds. The lowest BCUT2D eigenvalue weighted by atomic mass is 10.2. The zero-order valence-electron chi connectivity index (χ0n) is 19.1. The maximum Gasteiger partial charge on any atom is 0.375 e. The molecule has 3 rings (SSSR count). The number of nitrogens with zero attached hydrogens (tertiary/aromatic N) is 2. The first-order valence-electron chi connectivity index (χ1n) is 9.85. The van der Waals surface area contributed by atoms with Crippen LogP contribution in [0.3, 0.4) is 0 Å². The van der Waals surface area contributed by atoms with Gasteiger partial charge in [-0.05, 0) is 36.0 Å². The van der Waals surface area contributed by atoms with Crippen molar-refractivity contribution in [2.75, 3.05) is 28.4 Å². The van der Waals surface area contributed by atoms with Crippen molar-refractivity contribution in [3.63, 3.8) is 0 Å². The van der Waals surface area contributed by atoms with Crippen molar-refractivity contribution in [1.82, 2.24) is 9.97 Å². The number of esters is 1. The molecular weight excluding hydrogens is 522 g/mol. The molecule has 13 heteroatoms. The van der Waals surface area contributed by atoms with Crippen LogP contribution >= 0.6 is 31.0 Å². The number of benzene rings is 2. The van der Waals surface area contributed by atoms with Crippen molar-refractivity contribution in [2.24, 2.45) is 0 Å². The summed E-state index contributed by atoms with van der Waals surface area (Å²) >= 11 is 7.37. The molecule has 0 aliphatic rings. The highest BCUT2D eigenvalue weighted by Gasteiger charge is 2.40. The van der Waals surface area contributed by atoms with Crippen molar-refractivity contribution < 1.29 is 37.0 Å². The molecule has 0 N–H and O–H groups in total. The van der Waals surface area contributed by atoms with Crippen LogP contribution in [-0.2, 0) is 18.3 Å². The molecule has 186 valence electrons. The first-order valence-corrected chi connectivity index (χ1v) is 12.7. The minimum Gasteiger partial charge on any atom is -0.481 e. The van der Waals surface area contributed by atoms with E-state index in [9.17, 15) is 13.8 Å². The lowest BCUT2D eigenvalue weighted by Gasteiger charge is -2.25. The van der Waals surface area contributed by atoms with Crippen molar-refractivity contribution in [1.29, 1.82) is 0 Å². The molecule has 1 aromatic heterocycles. The number of hydrogen-bond acceptors (Lipinski definition) is 10. The van der Waals surface area contributed by atoms with E-state index in [1.54, 1.807) is 12.1 Å². The number of ether oxygens (including phenoxy) is 3. The maximum absolute atomic E-state index is 13.5. The fourth-order valence-electron chi connectivity index (χ4n) is 2.89. The van der Waals surface area contributed by atoms with Crippen LogP contribution in [0.1, 0.15) is 21.8 Å². The lowest BCUT2D eigenvalue weighted by Crippen LogP contribution is -2.15. The van der Waals surface area contributed by atoms with Crippen molar-refractivity contribution in [3.05, 3.63) is 70.5 Å². The van der Waals surface area contributed by atoms with Gasteiger partial charge in [0.05, 0.1) is 30.9 Å². The fourth-order valence-corrected chi connectivity index (χ4v) is 5.40. The van der Waals surface area contributed by atoms with Gasteiger partial charge in [-0.3, -0.25) is 4.57 Å². The van der Waals surface area contributed by atoms with Gasteiger partial charge in [0.2, 0.25) is 17.6 Å². The van der Waals surface area contributed by atoms with E-state index in [0.29, 0.717) is 4.90 Å². The van der Waals surface area contributed by atoms with Gasteiger partial charge in [0.15, 0.2) is 5.16 Å². The Morgan fingerprint density at radius 1 is 1.00 bits per heavy atom. The van der Waals surface area contributed by atoms with Crippen LogP contribution in [0.2, 0.25) is 5.02 Å². The van der Waals surface area contributed by atoms with E-state index < -0.39 is 25.2 Å². The summed E-state index contributed by atoms with van der Waals surface area (Å²) in [4.78, 5) is 22.2. The third-order valence-electron chi connectivity index (χ3n) is 4.63. The highest BCUT2D eigenvalue weighted by molar-refractivity contribution is 7.99. The number of rotatable bonds is 10. The summed E-state index contributed by atoms with van der Waals surface area (Å²) in [6.07, 6.45) is 0. The van der Waals surface area contributed by atoms with E-state index in [-0.39, 0.29) is 33.1 Å². The summed E-state index contributed by atoms with van der Waals surface area (Å²) in [5.74, 6) is -2.43. The Labute approximate surface area is 210 Å². The molecule has 1 heterocycles.